The molecular formula is C12H24N2O2. The molecule has 0 saturated carbocycles. The number of nitrogens with two attached hydrogens (primary N) is 1. The Morgan fingerprint density at radius 3 is 3.00 bits per heavy atom. The molecule has 94 valence electrons. The molecule has 0 aromatic heterocycles. The molecule has 1 fully saturated rings. The molecule has 3 N–H and O–H groups in total. The average molecular weight is 228 g/mol. The summed E-state index contributed by atoms with van der Waals surface area (Å²) in [6, 6.07) is 0.155. The lowest BCUT2D eigenvalue weighted by atomic mass is 10.0. The highest BCUT2D eigenvalue weighted by molar-refractivity contribution is 5.75. The Balaban J connectivity index is 2.00. The van der Waals surface area contributed by atoms with E-state index in [4.69, 9.17) is 10.5 Å². The third-order valence-electron chi connectivity index (χ3n) is 2.89. The Bertz CT molecular complexity index is 201. The van der Waals surface area contributed by atoms with Crippen molar-refractivity contribution in [2.75, 3.05) is 13.2 Å². The molecule has 0 spiro atoms. The zero-order chi connectivity index (χ0) is 11.8. The minimum absolute atomic E-state index is 0.120. The van der Waals surface area contributed by atoms with Crippen molar-refractivity contribution in [2.24, 2.45) is 5.73 Å². The molecule has 1 rings (SSSR count). The molecule has 4 nitrogen and oxygen atoms in total. The van der Waals surface area contributed by atoms with E-state index >= 15 is 0 Å². The highest BCUT2D eigenvalue weighted by atomic mass is 16.5. The maximum Gasteiger partial charge on any atom is 0.220 e. The Labute approximate surface area is 97.9 Å². The van der Waals surface area contributed by atoms with Gasteiger partial charge in [0, 0.05) is 25.6 Å². The summed E-state index contributed by atoms with van der Waals surface area (Å²) >= 11 is 0. The zero-order valence-electron chi connectivity index (χ0n) is 10.2. The average Bonchev–Trinajstić information content (AvgIpc) is 2.27. The second-order valence-electron chi connectivity index (χ2n) is 4.64. The van der Waals surface area contributed by atoms with Gasteiger partial charge in [-0.25, -0.2) is 0 Å². The zero-order valence-corrected chi connectivity index (χ0v) is 10.2. The van der Waals surface area contributed by atoms with E-state index in [1.165, 1.54) is 6.42 Å². The highest BCUT2D eigenvalue weighted by Crippen LogP contribution is 2.16. The largest absolute Gasteiger partial charge is 0.378 e. The molecule has 1 aliphatic rings. The van der Waals surface area contributed by atoms with Crippen molar-refractivity contribution in [3.05, 3.63) is 0 Å². The molecule has 0 bridgehead atoms. The van der Waals surface area contributed by atoms with Gasteiger partial charge in [-0.05, 0) is 39.0 Å². The van der Waals surface area contributed by atoms with E-state index in [0.717, 1.165) is 32.3 Å². The van der Waals surface area contributed by atoms with Gasteiger partial charge in [-0.3, -0.25) is 4.79 Å². The molecule has 0 radical (unpaired) electrons. The maximum atomic E-state index is 11.5. The van der Waals surface area contributed by atoms with Gasteiger partial charge in [-0.15, -0.1) is 0 Å². The summed E-state index contributed by atoms with van der Waals surface area (Å²) in [7, 11) is 0. The fourth-order valence-electron chi connectivity index (χ4n) is 1.85. The van der Waals surface area contributed by atoms with Gasteiger partial charge in [-0.1, -0.05) is 0 Å². The van der Waals surface area contributed by atoms with E-state index in [-0.39, 0.29) is 11.9 Å². The molecule has 1 amide bonds. The van der Waals surface area contributed by atoms with Gasteiger partial charge in [0.05, 0.1) is 6.10 Å². The molecule has 4 heteroatoms. The van der Waals surface area contributed by atoms with Crippen LogP contribution in [-0.4, -0.2) is 31.2 Å². The number of hydrogen-bond acceptors (Lipinski definition) is 3. The number of carbonyl (C=O) groups excluding carboxylic acids is 1. The fraction of sp³-hybridized carbons (Fsp3) is 0.917. The minimum atomic E-state index is 0.120. The molecule has 0 aromatic carbocycles. The summed E-state index contributed by atoms with van der Waals surface area (Å²) in [5.74, 6) is 0.120. The summed E-state index contributed by atoms with van der Waals surface area (Å²) in [5.41, 5.74) is 5.60. The molecular weight excluding hydrogens is 204 g/mol. The van der Waals surface area contributed by atoms with Crippen LogP contribution in [0.4, 0.5) is 0 Å². The molecule has 1 heterocycles. The Morgan fingerprint density at radius 1 is 1.56 bits per heavy atom. The van der Waals surface area contributed by atoms with Gasteiger partial charge >= 0.3 is 0 Å². The number of nitrogens with one attached hydrogen (secondary N) is 1. The van der Waals surface area contributed by atoms with Crippen molar-refractivity contribution in [2.45, 2.75) is 57.6 Å². The van der Waals surface area contributed by atoms with Crippen LogP contribution >= 0.6 is 0 Å². The Hall–Kier alpha value is -0.610. The van der Waals surface area contributed by atoms with Crippen LogP contribution < -0.4 is 11.1 Å². The third-order valence-corrected chi connectivity index (χ3v) is 2.89. The summed E-state index contributed by atoms with van der Waals surface area (Å²) in [5, 5.41) is 2.88. The van der Waals surface area contributed by atoms with Crippen LogP contribution in [0.25, 0.3) is 0 Å². The lowest BCUT2D eigenvalue weighted by Gasteiger charge is -2.22. The van der Waals surface area contributed by atoms with Crippen molar-refractivity contribution in [1.82, 2.24) is 5.32 Å². The SMILES string of the molecule is CC(N)CCNC(=O)CCC1CCCCO1. The first-order valence-electron chi connectivity index (χ1n) is 6.32. The number of ether oxygens (including phenoxy) is 1. The summed E-state index contributed by atoms with van der Waals surface area (Å²) in [6.07, 6.45) is 6.06. The second kappa shape index (κ2) is 7.63. The van der Waals surface area contributed by atoms with E-state index in [1.807, 2.05) is 6.92 Å². The minimum Gasteiger partial charge on any atom is -0.378 e. The highest BCUT2D eigenvalue weighted by Gasteiger charge is 2.14. The van der Waals surface area contributed by atoms with Gasteiger partial charge < -0.3 is 15.8 Å². The fourth-order valence-corrected chi connectivity index (χ4v) is 1.85. The summed E-state index contributed by atoms with van der Waals surface area (Å²) < 4.78 is 5.57. The third kappa shape index (κ3) is 6.08. The maximum absolute atomic E-state index is 11.5. The van der Waals surface area contributed by atoms with E-state index < -0.39 is 0 Å². The number of amides is 1. The number of carbonyl (C=O) groups is 1. The van der Waals surface area contributed by atoms with Crippen LogP contribution in [-0.2, 0) is 9.53 Å². The van der Waals surface area contributed by atoms with Crippen molar-refractivity contribution in [3.63, 3.8) is 0 Å². The van der Waals surface area contributed by atoms with Crippen LogP contribution in [0.2, 0.25) is 0 Å². The van der Waals surface area contributed by atoms with E-state index in [9.17, 15) is 4.79 Å². The lowest BCUT2D eigenvalue weighted by Crippen LogP contribution is -2.30. The topological polar surface area (TPSA) is 64.3 Å². The normalized spacial score (nSPS) is 22.8. The van der Waals surface area contributed by atoms with E-state index in [2.05, 4.69) is 5.32 Å². The van der Waals surface area contributed by atoms with Gasteiger partial charge in [0.25, 0.3) is 0 Å². The lowest BCUT2D eigenvalue weighted by molar-refractivity contribution is -0.122. The molecule has 1 aliphatic heterocycles. The predicted octanol–water partition coefficient (Wildman–Crippen LogP) is 1.19. The van der Waals surface area contributed by atoms with E-state index in [0.29, 0.717) is 19.1 Å². The Kier molecular flexibility index (Phi) is 6.42. The first kappa shape index (κ1) is 13.5. The van der Waals surface area contributed by atoms with Crippen molar-refractivity contribution < 1.29 is 9.53 Å². The Morgan fingerprint density at radius 2 is 2.38 bits per heavy atom. The van der Waals surface area contributed by atoms with Crippen LogP contribution in [0.3, 0.4) is 0 Å². The van der Waals surface area contributed by atoms with Crippen molar-refractivity contribution in [1.29, 1.82) is 0 Å². The molecule has 16 heavy (non-hydrogen) atoms. The van der Waals surface area contributed by atoms with E-state index in [1.54, 1.807) is 0 Å². The first-order valence-corrected chi connectivity index (χ1v) is 6.32. The monoisotopic (exact) mass is 228 g/mol. The molecule has 2 unspecified atom stereocenters. The number of hydrogen-bond donors (Lipinski definition) is 2. The van der Waals surface area contributed by atoms with Crippen molar-refractivity contribution >= 4 is 5.91 Å². The van der Waals surface area contributed by atoms with Gasteiger partial charge in [0.1, 0.15) is 0 Å². The van der Waals surface area contributed by atoms with Crippen molar-refractivity contribution in [3.8, 4) is 0 Å². The van der Waals surface area contributed by atoms with Crippen LogP contribution in [0.15, 0.2) is 0 Å². The second-order valence-corrected chi connectivity index (χ2v) is 4.64. The van der Waals surface area contributed by atoms with Gasteiger partial charge in [0.15, 0.2) is 0 Å². The van der Waals surface area contributed by atoms with Gasteiger partial charge in [-0.2, -0.15) is 0 Å². The standard InChI is InChI=1S/C12H24N2O2/c1-10(13)7-8-14-12(15)6-5-11-4-2-3-9-16-11/h10-11H,2-9,13H2,1H3,(H,14,15). The predicted molar refractivity (Wildman–Crippen MR) is 64.1 cm³/mol. The van der Waals surface area contributed by atoms with Crippen LogP contribution in [0.1, 0.15) is 45.4 Å². The quantitative estimate of drug-likeness (QED) is 0.717. The summed E-state index contributed by atoms with van der Waals surface area (Å²) in [6.45, 7) is 3.49. The summed E-state index contributed by atoms with van der Waals surface area (Å²) in [4.78, 5) is 11.5. The molecule has 0 aromatic rings. The molecule has 2 atom stereocenters. The van der Waals surface area contributed by atoms with Crippen LogP contribution in [0.5, 0.6) is 0 Å². The number of rotatable bonds is 6. The van der Waals surface area contributed by atoms with Gasteiger partial charge in [0.2, 0.25) is 5.91 Å². The molecule has 1 saturated heterocycles. The van der Waals surface area contributed by atoms with Crippen LogP contribution in [0, 0.1) is 0 Å². The smallest absolute Gasteiger partial charge is 0.220 e. The first-order chi connectivity index (χ1) is 7.68. The molecule has 0 aliphatic carbocycles.